The zero-order chi connectivity index (χ0) is 23.5. The lowest BCUT2D eigenvalue weighted by molar-refractivity contribution is -0.125. The summed E-state index contributed by atoms with van der Waals surface area (Å²) in [4.78, 5) is 24.7. The van der Waals surface area contributed by atoms with Crippen molar-refractivity contribution < 1.29 is 23.8 Å². The summed E-state index contributed by atoms with van der Waals surface area (Å²) in [6.45, 7) is 2.75. The van der Waals surface area contributed by atoms with Crippen molar-refractivity contribution in [3.05, 3.63) is 53.6 Å². The summed E-state index contributed by atoms with van der Waals surface area (Å²) < 4.78 is 16.5. The minimum Gasteiger partial charge on any atom is -0.494 e. The second kappa shape index (κ2) is 12.6. The smallest absolute Gasteiger partial charge is 0.343 e. The minimum atomic E-state index is -0.491. The monoisotopic (exact) mass is 452 g/mol. The van der Waals surface area contributed by atoms with Gasteiger partial charge in [0, 0.05) is 5.92 Å². The summed E-state index contributed by atoms with van der Waals surface area (Å²) in [7, 11) is 1.50. The summed E-state index contributed by atoms with van der Waals surface area (Å²) >= 11 is 0. The summed E-state index contributed by atoms with van der Waals surface area (Å²) in [5, 5.41) is 4.07. The standard InChI is InChI=1S/C26H32N2O5/c1-3-4-16-32-22-13-11-21(12-14-22)26(30)33-23-15-10-19(17-24(23)31-2)18-27-28-25(29)20-8-6-5-7-9-20/h10-15,17-18,20H,3-9,16H2,1-2H3,(H,28,29)/b27-18+. The first-order chi connectivity index (χ1) is 16.1. The highest BCUT2D eigenvalue weighted by atomic mass is 16.6. The molecule has 2 aromatic carbocycles. The van der Waals surface area contributed by atoms with Gasteiger partial charge in [-0.1, -0.05) is 32.6 Å². The van der Waals surface area contributed by atoms with Crippen molar-refractivity contribution in [2.24, 2.45) is 11.0 Å². The molecule has 0 heterocycles. The fourth-order valence-electron chi connectivity index (χ4n) is 3.66. The lowest BCUT2D eigenvalue weighted by Crippen LogP contribution is -2.28. The minimum absolute atomic E-state index is 0.0368. The maximum atomic E-state index is 12.5. The first-order valence-electron chi connectivity index (χ1n) is 11.6. The second-order valence-corrected chi connectivity index (χ2v) is 8.10. The van der Waals surface area contributed by atoms with Gasteiger partial charge < -0.3 is 14.2 Å². The Balaban J connectivity index is 1.57. The van der Waals surface area contributed by atoms with Crippen LogP contribution < -0.4 is 19.6 Å². The Hall–Kier alpha value is -3.35. The molecular formula is C26H32N2O5. The van der Waals surface area contributed by atoms with Gasteiger partial charge in [0.15, 0.2) is 11.5 Å². The Labute approximate surface area is 195 Å². The number of rotatable bonds is 10. The molecule has 1 fully saturated rings. The Morgan fingerprint density at radius 3 is 2.52 bits per heavy atom. The molecule has 0 unspecified atom stereocenters. The molecule has 1 N–H and O–H groups in total. The lowest BCUT2D eigenvalue weighted by Gasteiger charge is -2.19. The molecule has 7 heteroatoms. The largest absolute Gasteiger partial charge is 0.494 e. The third-order valence-corrected chi connectivity index (χ3v) is 5.61. The van der Waals surface area contributed by atoms with Gasteiger partial charge in [-0.15, -0.1) is 0 Å². The van der Waals surface area contributed by atoms with Crippen molar-refractivity contribution in [1.29, 1.82) is 0 Å². The number of hydrogen-bond acceptors (Lipinski definition) is 6. The molecule has 0 radical (unpaired) electrons. The molecule has 0 spiro atoms. The number of ether oxygens (including phenoxy) is 3. The van der Waals surface area contributed by atoms with Crippen molar-refractivity contribution in [3.8, 4) is 17.2 Å². The number of esters is 1. The van der Waals surface area contributed by atoms with Gasteiger partial charge in [-0.2, -0.15) is 5.10 Å². The van der Waals surface area contributed by atoms with E-state index in [1.807, 2.05) is 0 Å². The Bertz CT molecular complexity index is 950. The van der Waals surface area contributed by atoms with Gasteiger partial charge in [0.05, 0.1) is 25.5 Å². The Kier molecular flexibility index (Phi) is 9.30. The number of carbonyl (C=O) groups is 2. The molecular weight excluding hydrogens is 420 g/mol. The Morgan fingerprint density at radius 2 is 1.82 bits per heavy atom. The highest BCUT2D eigenvalue weighted by molar-refractivity contribution is 5.92. The molecule has 0 atom stereocenters. The predicted octanol–water partition coefficient (Wildman–Crippen LogP) is 5.12. The van der Waals surface area contributed by atoms with Crippen LogP contribution in [0.5, 0.6) is 17.2 Å². The molecule has 0 aliphatic heterocycles. The maximum Gasteiger partial charge on any atom is 0.343 e. The van der Waals surface area contributed by atoms with Gasteiger partial charge in [0.1, 0.15) is 5.75 Å². The average molecular weight is 453 g/mol. The number of carbonyl (C=O) groups excluding carboxylic acids is 2. The molecule has 1 amide bonds. The van der Waals surface area contributed by atoms with Gasteiger partial charge in [-0.3, -0.25) is 4.79 Å². The van der Waals surface area contributed by atoms with Gasteiger partial charge in [0.2, 0.25) is 5.91 Å². The van der Waals surface area contributed by atoms with E-state index in [1.165, 1.54) is 13.5 Å². The van der Waals surface area contributed by atoms with E-state index in [-0.39, 0.29) is 11.8 Å². The molecule has 0 saturated heterocycles. The van der Waals surface area contributed by atoms with Crippen LogP contribution in [0.4, 0.5) is 0 Å². The molecule has 1 saturated carbocycles. The van der Waals surface area contributed by atoms with Crippen molar-refractivity contribution >= 4 is 18.1 Å². The van der Waals surface area contributed by atoms with E-state index in [1.54, 1.807) is 48.7 Å². The Morgan fingerprint density at radius 1 is 1.06 bits per heavy atom. The average Bonchev–Trinajstić information content (AvgIpc) is 2.85. The maximum absolute atomic E-state index is 12.5. The topological polar surface area (TPSA) is 86.2 Å². The molecule has 0 aromatic heterocycles. The van der Waals surface area contributed by atoms with Crippen LogP contribution in [0.25, 0.3) is 0 Å². The summed E-state index contributed by atoms with van der Waals surface area (Å²) in [5.41, 5.74) is 3.75. The molecule has 176 valence electrons. The van der Waals surface area contributed by atoms with E-state index in [4.69, 9.17) is 14.2 Å². The third kappa shape index (κ3) is 7.34. The van der Waals surface area contributed by atoms with Crippen LogP contribution in [-0.4, -0.2) is 31.8 Å². The quantitative estimate of drug-likeness (QED) is 0.178. The van der Waals surface area contributed by atoms with Crippen LogP contribution in [-0.2, 0) is 4.79 Å². The first-order valence-corrected chi connectivity index (χ1v) is 11.6. The number of unbranched alkanes of at least 4 members (excludes halogenated alkanes) is 1. The van der Waals surface area contributed by atoms with E-state index in [9.17, 15) is 9.59 Å². The molecule has 1 aliphatic carbocycles. The predicted molar refractivity (Wildman–Crippen MR) is 127 cm³/mol. The second-order valence-electron chi connectivity index (χ2n) is 8.10. The number of amides is 1. The summed E-state index contributed by atoms with van der Waals surface area (Å²) in [6, 6.07) is 11.9. The molecule has 1 aliphatic rings. The van der Waals surface area contributed by atoms with E-state index >= 15 is 0 Å². The van der Waals surface area contributed by atoms with Gasteiger partial charge >= 0.3 is 5.97 Å². The van der Waals surface area contributed by atoms with E-state index in [0.29, 0.717) is 29.2 Å². The van der Waals surface area contributed by atoms with Gasteiger partial charge in [-0.05, 0) is 67.3 Å². The summed E-state index contributed by atoms with van der Waals surface area (Å²) in [6.07, 6.45) is 8.82. The zero-order valence-electron chi connectivity index (χ0n) is 19.3. The number of nitrogens with one attached hydrogen (secondary N) is 1. The zero-order valence-corrected chi connectivity index (χ0v) is 19.3. The number of hydrazone groups is 1. The van der Waals surface area contributed by atoms with Crippen LogP contribution in [0.15, 0.2) is 47.6 Å². The van der Waals surface area contributed by atoms with Crippen LogP contribution in [0.1, 0.15) is 67.8 Å². The van der Waals surface area contributed by atoms with Crippen molar-refractivity contribution in [2.75, 3.05) is 13.7 Å². The highest BCUT2D eigenvalue weighted by Crippen LogP contribution is 2.29. The number of nitrogens with zero attached hydrogens (tertiary/aromatic N) is 1. The molecule has 0 bridgehead atoms. The highest BCUT2D eigenvalue weighted by Gasteiger charge is 2.20. The van der Waals surface area contributed by atoms with Crippen LogP contribution >= 0.6 is 0 Å². The van der Waals surface area contributed by atoms with Crippen LogP contribution in [0.2, 0.25) is 0 Å². The SMILES string of the molecule is CCCCOc1ccc(C(=O)Oc2ccc(/C=N/NC(=O)C3CCCCC3)cc2OC)cc1. The number of methoxy groups -OCH3 is 1. The lowest BCUT2D eigenvalue weighted by atomic mass is 9.89. The molecule has 33 heavy (non-hydrogen) atoms. The first kappa shape index (κ1) is 24.3. The fourth-order valence-corrected chi connectivity index (χ4v) is 3.66. The van der Waals surface area contributed by atoms with Gasteiger partial charge in [0.25, 0.3) is 0 Å². The molecule has 3 rings (SSSR count). The van der Waals surface area contributed by atoms with Crippen molar-refractivity contribution in [1.82, 2.24) is 5.43 Å². The van der Waals surface area contributed by atoms with Crippen LogP contribution in [0, 0.1) is 5.92 Å². The summed E-state index contributed by atoms with van der Waals surface area (Å²) in [5.74, 6) is 0.931. The molecule has 7 nitrogen and oxygen atoms in total. The van der Waals surface area contributed by atoms with E-state index < -0.39 is 5.97 Å². The van der Waals surface area contributed by atoms with Crippen LogP contribution in [0.3, 0.4) is 0 Å². The third-order valence-electron chi connectivity index (χ3n) is 5.61. The van der Waals surface area contributed by atoms with Crippen molar-refractivity contribution in [3.63, 3.8) is 0 Å². The normalized spacial score (nSPS) is 14.1. The van der Waals surface area contributed by atoms with Crippen molar-refractivity contribution in [2.45, 2.75) is 51.9 Å². The fraction of sp³-hybridized carbons (Fsp3) is 0.423. The van der Waals surface area contributed by atoms with E-state index in [2.05, 4.69) is 17.5 Å². The number of benzene rings is 2. The molecule has 2 aromatic rings. The van der Waals surface area contributed by atoms with E-state index in [0.717, 1.165) is 44.3 Å². The number of hydrogen-bond donors (Lipinski definition) is 1. The van der Waals surface area contributed by atoms with Gasteiger partial charge in [-0.25, -0.2) is 10.2 Å².